The number of carbonyl (C=O) groups excluding carboxylic acids is 1. The summed E-state index contributed by atoms with van der Waals surface area (Å²) in [6.45, 7) is 2.79. The number of thiophene rings is 1. The highest BCUT2D eigenvalue weighted by molar-refractivity contribution is 7.20. The van der Waals surface area contributed by atoms with Crippen molar-refractivity contribution in [1.29, 1.82) is 0 Å². The van der Waals surface area contributed by atoms with Crippen LogP contribution in [0.3, 0.4) is 0 Å². The van der Waals surface area contributed by atoms with E-state index in [4.69, 9.17) is 22.1 Å². The van der Waals surface area contributed by atoms with E-state index in [9.17, 15) is 4.79 Å². The van der Waals surface area contributed by atoms with Gasteiger partial charge in [-0.25, -0.2) is 24.4 Å². The Hall–Kier alpha value is -3.50. The van der Waals surface area contributed by atoms with Crippen molar-refractivity contribution in [3.8, 4) is 5.69 Å². The van der Waals surface area contributed by atoms with Gasteiger partial charge in [0.25, 0.3) is 0 Å². The fourth-order valence-corrected chi connectivity index (χ4v) is 4.64. The van der Waals surface area contributed by atoms with Gasteiger partial charge >= 0.3 is 5.97 Å². The van der Waals surface area contributed by atoms with Gasteiger partial charge in [0.15, 0.2) is 11.5 Å². The number of ether oxygens (including phenoxy) is 1. The van der Waals surface area contributed by atoms with Crippen molar-refractivity contribution in [3.05, 3.63) is 58.6 Å². The molecule has 0 aliphatic rings. The molecule has 0 unspecified atom stereocenters. The lowest BCUT2D eigenvalue weighted by Crippen LogP contribution is -2.08. The minimum absolute atomic E-state index is 0.273. The smallest absolute Gasteiger partial charge is 0.348 e. The van der Waals surface area contributed by atoms with E-state index in [1.165, 1.54) is 17.7 Å². The topological polar surface area (TPSA) is 114 Å². The molecule has 4 heterocycles. The summed E-state index contributed by atoms with van der Waals surface area (Å²) in [5, 5.41) is 6.18. The second kappa shape index (κ2) is 8.21. The van der Waals surface area contributed by atoms with Crippen molar-refractivity contribution < 1.29 is 9.53 Å². The van der Waals surface area contributed by atoms with Crippen LogP contribution >= 0.6 is 22.9 Å². The molecular formula is C21H18ClN7O2S. The van der Waals surface area contributed by atoms with Gasteiger partial charge in [-0.2, -0.15) is 5.10 Å². The Kier molecular flexibility index (Phi) is 5.24. The number of aromatic nitrogens is 6. The zero-order valence-electron chi connectivity index (χ0n) is 17.0. The Morgan fingerprint density at radius 2 is 2.03 bits per heavy atom. The fraction of sp³-hybridized carbons (Fsp3) is 0.190. The minimum atomic E-state index is -0.352. The van der Waals surface area contributed by atoms with Gasteiger partial charge < -0.3 is 15.0 Å². The van der Waals surface area contributed by atoms with E-state index < -0.39 is 0 Å². The van der Waals surface area contributed by atoms with Crippen LogP contribution in [-0.2, 0) is 11.3 Å². The van der Waals surface area contributed by atoms with Gasteiger partial charge in [-0.3, -0.25) is 0 Å². The number of halogens is 1. The van der Waals surface area contributed by atoms with Crippen molar-refractivity contribution >= 4 is 56.1 Å². The third-order valence-corrected chi connectivity index (χ3v) is 6.37. The first-order valence-corrected chi connectivity index (χ1v) is 11.0. The molecule has 0 spiro atoms. The van der Waals surface area contributed by atoms with E-state index in [-0.39, 0.29) is 12.6 Å². The predicted octanol–water partition coefficient (Wildman–Crippen LogP) is 4.02. The molecule has 0 radical (unpaired) electrons. The number of nitrogen functional groups attached to an aromatic ring is 1. The summed E-state index contributed by atoms with van der Waals surface area (Å²) in [4.78, 5) is 26.4. The summed E-state index contributed by atoms with van der Waals surface area (Å²) in [5.41, 5.74) is 8.77. The molecule has 0 saturated carbocycles. The lowest BCUT2D eigenvalue weighted by atomic mass is 10.3. The lowest BCUT2D eigenvalue weighted by molar-refractivity contribution is 0.0502. The molecule has 162 valence electrons. The van der Waals surface area contributed by atoms with Crippen molar-refractivity contribution in [1.82, 2.24) is 29.3 Å². The molecule has 0 aliphatic heterocycles. The standard InChI is InChI=1S/C21H18ClN7O2S/c1-12-15-9-16(32-20(15)29(27-12)14-5-3-13(22)4-6-14)21(30)31-8-2-7-28-11-26-17-18(23)24-10-25-19(17)28/h3-6,9-11H,2,7-8H2,1H3,(H2,23,24,25). The Morgan fingerprint density at radius 1 is 1.22 bits per heavy atom. The number of nitrogens with two attached hydrogens (primary N) is 1. The lowest BCUT2D eigenvalue weighted by Gasteiger charge is -2.05. The van der Waals surface area contributed by atoms with E-state index in [1.54, 1.807) is 6.33 Å². The van der Waals surface area contributed by atoms with Gasteiger partial charge in [-0.15, -0.1) is 11.3 Å². The number of imidazole rings is 1. The van der Waals surface area contributed by atoms with E-state index in [2.05, 4.69) is 20.1 Å². The molecular weight excluding hydrogens is 450 g/mol. The number of esters is 1. The van der Waals surface area contributed by atoms with Gasteiger partial charge in [-0.05, 0) is 43.7 Å². The molecule has 0 saturated heterocycles. The van der Waals surface area contributed by atoms with Gasteiger partial charge in [0.1, 0.15) is 21.6 Å². The SMILES string of the molecule is Cc1nn(-c2ccc(Cl)cc2)c2sc(C(=O)OCCCn3cnc4c(N)ncnc43)cc12. The molecule has 0 bridgehead atoms. The monoisotopic (exact) mass is 467 g/mol. The van der Waals surface area contributed by atoms with E-state index in [0.717, 1.165) is 21.6 Å². The van der Waals surface area contributed by atoms with Crippen LogP contribution in [0.1, 0.15) is 21.8 Å². The van der Waals surface area contributed by atoms with E-state index in [0.29, 0.717) is 39.8 Å². The molecule has 0 aliphatic carbocycles. The zero-order valence-corrected chi connectivity index (χ0v) is 18.6. The molecule has 1 aromatic carbocycles. The maximum atomic E-state index is 12.6. The molecule has 32 heavy (non-hydrogen) atoms. The van der Waals surface area contributed by atoms with Crippen LogP contribution in [0, 0.1) is 6.92 Å². The Labute approximate surface area is 191 Å². The molecule has 2 N–H and O–H groups in total. The van der Waals surface area contributed by atoms with Crippen molar-refractivity contribution in [2.75, 3.05) is 12.3 Å². The van der Waals surface area contributed by atoms with Crippen LogP contribution in [0.5, 0.6) is 0 Å². The van der Waals surface area contributed by atoms with Crippen LogP contribution in [0.25, 0.3) is 27.1 Å². The minimum Gasteiger partial charge on any atom is -0.461 e. The molecule has 0 amide bonds. The van der Waals surface area contributed by atoms with Crippen LogP contribution in [0.2, 0.25) is 5.02 Å². The fourth-order valence-electron chi connectivity index (χ4n) is 3.44. The summed E-state index contributed by atoms with van der Waals surface area (Å²) in [7, 11) is 0. The van der Waals surface area contributed by atoms with Gasteiger partial charge in [0.05, 0.1) is 24.3 Å². The maximum absolute atomic E-state index is 12.6. The molecule has 11 heteroatoms. The van der Waals surface area contributed by atoms with Gasteiger partial charge in [-0.1, -0.05) is 11.6 Å². The predicted molar refractivity (Wildman–Crippen MR) is 123 cm³/mol. The van der Waals surface area contributed by atoms with Gasteiger partial charge in [0.2, 0.25) is 0 Å². The summed E-state index contributed by atoms with van der Waals surface area (Å²) >= 11 is 7.35. The van der Waals surface area contributed by atoms with E-state index >= 15 is 0 Å². The number of benzene rings is 1. The van der Waals surface area contributed by atoms with Crippen LogP contribution in [0.4, 0.5) is 5.82 Å². The van der Waals surface area contributed by atoms with E-state index in [1.807, 2.05) is 46.5 Å². The van der Waals surface area contributed by atoms with Crippen LogP contribution in [-0.4, -0.2) is 41.9 Å². The maximum Gasteiger partial charge on any atom is 0.348 e. The number of carbonyl (C=O) groups is 1. The number of fused-ring (bicyclic) bond motifs is 2. The van der Waals surface area contributed by atoms with Crippen molar-refractivity contribution in [2.24, 2.45) is 0 Å². The first-order chi connectivity index (χ1) is 15.5. The summed E-state index contributed by atoms with van der Waals surface area (Å²) < 4.78 is 9.18. The molecule has 0 fully saturated rings. The Bertz CT molecular complexity index is 1440. The first-order valence-electron chi connectivity index (χ1n) is 9.85. The molecule has 9 nitrogen and oxygen atoms in total. The molecule has 0 atom stereocenters. The number of aryl methyl sites for hydroxylation is 2. The van der Waals surface area contributed by atoms with Crippen LogP contribution in [0.15, 0.2) is 43.0 Å². The summed E-state index contributed by atoms with van der Waals surface area (Å²) in [5.74, 6) is -0.00675. The molecule has 4 aromatic heterocycles. The second-order valence-electron chi connectivity index (χ2n) is 7.16. The summed E-state index contributed by atoms with van der Waals surface area (Å²) in [6, 6.07) is 9.24. The van der Waals surface area contributed by atoms with Crippen LogP contribution < -0.4 is 5.73 Å². The van der Waals surface area contributed by atoms with Gasteiger partial charge in [0, 0.05) is 17.0 Å². The highest BCUT2D eigenvalue weighted by Gasteiger charge is 2.18. The average molecular weight is 468 g/mol. The van der Waals surface area contributed by atoms with Crippen molar-refractivity contribution in [2.45, 2.75) is 19.9 Å². The molecule has 5 rings (SSSR count). The normalized spacial score (nSPS) is 11.4. The second-order valence-corrected chi connectivity index (χ2v) is 8.63. The molecule has 5 aromatic rings. The quantitative estimate of drug-likeness (QED) is 0.296. The third-order valence-electron chi connectivity index (χ3n) is 5.02. The Balaban J connectivity index is 1.26. The summed E-state index contributed by atoms with van der Waals surface area (Å²) in [6.07, 6.45) is 3.68. The average Bonchev–Trinajstić information content (AvgIpc) is 3.48. The van der Waals surface area contributed by atoms with Crippen molar-refractivity contribution in [3.63, 3.8) is 0 Å². The highest BCUT2D eigenvalue weighted by atomic mass is 35.5. The number of rotatable bonds is 6. The largest absolute Gasteiger partial charge is 0.461 e. The number of anilines is 1. The number of hydrogen-bond donors (Lipinski definition) is 1. The zero-order chi connectivity index (χ0) is 22.2. The first kappa shape index (κ1) is 20.4. The number of hydrogen-bond acceptors (Lipinski definition) is 8. The third kappa shape index (κ3) is 3.67. The highest BCUT2D eigenvalue weighted by Crippen LogP contribution is 2.31. The number of nitrogens with zero attached hydrogens (tertiary/aromatic N) is 6. The Morgan fingerprint density at radius 3 is 2.84 bits per heavy atom.